The molecule has 120 valence electrons. The summed E-state index contributed by atoms with van der Waals surface area (Å²) in [5, 5.41) is 5.70. The van der Waals surface area contributed by atoms with Crippen molar-refractivity contribution in [3.63, 3.8) is 0 Å². The smallest absolute Gasteiger partial charge is 0.319 e. The fourth-order valence-electron chi connectivity index (χ4n) is 2.06. The van der Waals surface area contributed by atoms with Crippen LogP contribution < -0.4 is 10.6 Å². The van der Waals surface area contributed by atoms with Gasteiger partial charge in [0.2, 0.25) is 0 Å². The lowest BCUT2D eigenvalue weighted by atomic mass is 10.1. The van der Waals surface area contributed by atoms with Gasteiger partial charge in [0.25, 0.3) is 0 Å². The number of thioether (sulfide) groups is 1. The molecule has 1 heterocycles. The summed E-state index contributed by atoms with van der Waals surface area (Å²) in [4.78, 5) is 27.3. The van der Waals surface area contributed by atoms with Gasteiger partial charge < -0.3 is 10.6 Å². The third kappa shape index (κ3) is 6.52. The number of urea groups is 1. The van der Waals surface area contributed by atoms with Gasteiger partial charge >= 0.3 is 6.03 Å². The average molecular weight is 329 g/mol. The number of nitrogens with one attached hydrogen (secondary N) is 2. The van der Waals surface area contributed by atoms with Crippen LogP contribution in [0.2, 0.25) is 0 Å². The van der Waals surface area contributed by atoms with Crippen molar-refractivity contribution in [1.29, 1.82) is 0 Å². The van der Waals surface area contributed by atoms with Gasteiger partial charge in [-0.05, 0) is 24.1 Å². The number of carbonyl (C=O) groups excluding carboxylic acids is 2. The Labute approximate surface area is 139 Å². The lowest BCUT2D eigenvalue weighted by Crippen LogP contribution is -2.41. The molecule has 0 bridgehead atoms. The van der Waals surface area contributed by atoms with Gasteiger partial charge in [-0.25, -0.2) is 4.79 Å². The third-order valence-corrected chi connectivity index (χ3v) is 4.04. The number of pyridine rings is 1. The van der Waals surface area contributed by atoms with E-state index in [9.17, 15) is 9.59 Å². The molecule has 2 amide bonds. The van der Waals surface area contributed by atoms with Crippen LogP contribution >= 0.6 is 11.8 Å². The Morgan fingerprint density at radius 1 is 1.17 bits per heavy atom. The minimum atomic E-state index is -0.303. The van der Waals surface area contributed by atoms with E-state index >= 15 is 0 Å². The molecule has 1 atom stereocenters. The zero-order valence-electron chi connectivity index (χ0n) is 12.9. The summed E-state index contributed by atoms with van der Waals surface area (Å²) in [6.07, 6.45) is 3.89. The normalized spacial score (nSPS) is 11.5. The molecule has 0 saturated heterocycles. The summed E-state index contributed by atoms with van der Waals surface area (Å²) in [5.74, 6) is 0.532. The van der Waals surface area contributed by atoms with Gasteiger partial charge in [0.1, 0.15) is 0 Å². The number of hydrogen-bond acceptors (Lipinski definition) is 4. The molecular weight excluding hydrogens is 310 g/mol. The Balaban J connectivity index is 1.95. The Hall–Kier alpha value is -2.34. The zero-order valence-corrected chi connectivity index (χ0v) is 13.7. The number of rotatable bonds is 6. The van der Waals surface area contributed by atoms with Gasteiger partial charge in [-0.3, -0.25) is 9.78 Å². The first-order chi connectivity index (χ1) is 11.1. The number of benzene rings is 1. The van der Waals surface area contributed by atoms with Crippen LogP contribution in [0.5, 0.6) is 0 Å². The molecule has 1 aromatic carbocycles. The molecule has 6 heteroatoms. The van der Waals surface area contributed by atoms with Crippen LogP contribution in [0.3, 0.4) is 0 Å². The summed E-state index contributed by atoms with van der Waals surface area (Å²) in [6, 6.07) is 13.0. The second-order valence-corrected chi connectivity index (χ2v) is 6.23. The number of aromatic nitrogens is 1. The number of carbonyl (C=O) groups is 2. The highest BCUT2D eigenvalue weighted by Crippen LogP contribution is 2.10. The third-order valence-electron chi connectivity index (χ3n) is 3.07. The van der Waals surface area contributed by atoms with E-state index in [0.717, 1.165) is 5.56 Å². The predicted molar refractivity (Wildman–Crippen MR) is 93.5 cm³/mol. The zero-order chi connectivity index (χ0) is 16.5. The van der Waals surface area contributed by atoms with Crippen LogP contribution in [0.15, 0.2) is 54.9 Å². The van der Waals surface area contributed by atoms with E-state index in [1.165, 1.54) is 18.7 Å². The van der Waals surface area contributed by atoms with Crippen molar-refractivity contribution in [1.82, 2.24) is 10.3 Å². The molecule has 2 aromatic rings. The van der Waals surface area contributed by atoms with Gasteiger partial charge in [0.05, 0.1) is 11.9 Å². The van der Waals surface area contributed by atoms with E-state index in [4.69, 9.17) is 0 Å². The SMILES string of the molecule is CC(=O)SCC(Cc1ccccc1)NC(=O)Nc1cccnc1. The van der Waals surface area contributed by atoms with Crippen molar-refractivity contribution in [3.05, 3.63) is 60.4 Å². The number of hydrogen-bond donors (Lipinski definition) is 2. The second kappa shape index (κ2) is 8.95. The minimum Gasteiger partial charge on any atom is -0.334 e. The number of amides is 2. The molecule has 0 aliphatic rings. The Morgan fingerprint density at radius 3 is 2.61 bits per heavy atom. The Kier molecular flexibility index (Phi) is 6.62. The summed E-state index contributed by atoms with van der Waals surface area (Å²) >= 11 is 1.21. The fraction of sp³-hybridized carbons (Fsp3) is 0.235. The van der Waals surface area contributed by atoms with Gasteiger partial charge in [-0.15, -0.1) is 0 Å². The maximum absolute atomic E-state index is 12.1. The van der Waals surface area contributed by atoms with Gasteiger partial charge in [-0.2, -0.15) is 0 Å². The molecule has 1 unspecified atom stereocenters. The molecule has 0 saturated carbocycles. The van der Waals surface area contributed by atoms with Crippen LogP contribution in [-0.4, -0.2) is 27.9 Å². The lowest BCUT2D eigenvalue weighted by Gasteiger charge is -2.18. The minimum absolute atomic E-state index is 0.0394. The first-order valence-corrected chi connectivity index (χ1v) is 8.27. The van der Waals surface area contributed by atoms with Crippen molar-refractivity contribution in [2.24, 2.45) is 0 Å². The summed E-state index contributed by atoms with van der Waals surface area (Å²) < 4.78 is 0. The van der Waals surface area contributed by atoms with E-state index in [1.807, 2.05) is 30.3 Å². The van der Waals surface area contributed by atoms with Gasteiger partial charge in [0, 0.05) is 24.9 Å². The van der Waals surface area contributed by atoms with E-state index in [1.54, 1.807) is 24.5 Å². The van der Waals surface area contributed by atoms with E-state index in [0.29, 0.717) is 17.9 Å². The second-order valence-electron chi connectivity index (χ2n) is 5.03. The van der Waals surface area contributed by atoms with Crippen molar-refractivity contribution >= 4 is 28.6 Å². The highest BCUT2D eigenvalue weighted by atomic mass is 32.2. The van der Waals surface area contributed by atoms with Crippen molar-refractivity contribution in [2.75, 3.05) is 11.1 Å². The van der Waals surface area contributed by atoms with Crippen molar-refractivity contribution in [2.45, 2.75) is 19.4 Å². The molecule has 23 heavy (non-hydrogen) atoms. The van der Waals surface area contributed by atoms with Crippen LogP contribution in [0.4, 0.5) is 10.5 Å². The quantitative estimate of drug-likeness (QED) is 0.854. The molecule has 5 nitrogen and oxygen atoms in total. The molecule has 0 spiro atoms. The highest BCUT2D eigenvalue weighted by molar-refractivity contribution is 8.13. The van der Waals surface area contributed by atoms with Crippen molar-refractivity contribution in [3.8, 4) is 0 Å². The fourth-order valence-corrected chi connectivity index (χ4v) is 2.69. The molecule has 0 aliphatic carbocycles. The first kappa shape index (κ1) is 17.0. The number of anilines is 1. The topological polar surface area (TPSA) is 71.1 Å². The van der Waals surface area contributed by atoms with E-state index in [2.05, 4.69) is 15.6 Å². The standard InChI is InChI=1S/C17H19N3O2S/c1-13(21)23-12-16(10-14-6-3-2-4-7-14)20-17(22)19-15-8-5-9-18-11-15/h2-9,11,16H,10,12H2,1H3,(H2,19,20,22). The average Bonchev–Trinajstić information content (AvgIpc) is 2.54. The van der Waals surface area contributed by atoms with Gasteiger partial charge in [0.15, 0.2) is 5.12 Å². The molecule has 0 radical (unpaired) electrons. The van der Waals surface area contributed by atoms with E-state index < -0.39 is 0 Å². The molecule has 1 aromatic heterocycles. The monoisotopic (exact) mass is 329 g/mol. The summed E-state index contributed by atoms with van der Waals surface area (Å²) in [7, 11) is 0. The van der Waals surface area contributed by atoms with E-state index in [-0.39, 0.29) is 17.2 Å². The van der Waals surface area contributed by atoms with Crippen molar-refractivity contribution < 1.29 is 9.59 Å². The molecule has 0 fully saturated rings. The molecular formula is C17H19N3O2S. The van der Waals surface area contributed by atoms with Gasteiger partial charge in [-0.1, -0.05) is 42.1 Å². The molecule has 0 aliphatic heterocycles. The van der Waals surface area contributed by atoms with Crippen LogP contribution in [-0.2, 0) is 11.2 Å². The lowest BCUT2D eigenvalue weighted by molar-refractivity contribution is -0.109. The predicted octanol–water partition coefficient (Wildman–Crippen LogP) is 3.09. The Morgan fingerprint density at radius 2 is 1.96 bits per heavy atom. The first-order valence-electron chi connectivity index (χ1n) is 7.28. The van der Waals surface area contributed by atoms with Crippen LogP contribution in [0.1, 0.15) is 12.5 Å². The Bertz CT molecular complexity index is 635. The van der Waals surface area contributed by atoms with Crippen LogP contribution in [0.25, 0.3) is 0 Å². The largest absolute Gasteiger partial charge is 0.334 e. The maximum atomic E-state index is 12.1. The molecule has 2 N–H and O–H groups in total. The summed E-state index contributed by atoms with van der Waals surface area (Å²) in [5.41, 5.74) is 1.74. The van der Waals surface area contributed by atoms with Crippen LogP contribution in [0, 0.1) is 0 Å². The maximum Gasteiger partial charge on any atom is 0.319 e. The molecule has 2 rings (SSSR count). The highest BCUT2D eigenvalue weighted by Gasteiger charge is 2.14. The summed E-state index contributed by atoms with van der Waals surface area (Å²) in [6.45, 7) is 1.53. The number of nitrogens with zero attached hydrogens (tertiary/aromatic N) is 1.